The van der Waals surface area contributed by atoms with Crippen LogP contribution in [0, 0.1) is 0 Å². The van der Waals surface area contributed by atoms with Gasteiger partial charge in [0.25, 0.3) is 0 Å². The maximum atomic E-state index is 10.4. The monoisotopic (exact) mass is 347 g/mol. The Balaban J connectivity index is 0.000000211. The minimum absolute atomic E-state index is 0.365. The molecule has 0 unspecified atom stereocenters. The fourth-order valence-electron chi connectivity index (χ4n) is 1.03. The van der Waals surface area contributed by atoms with E-state index in [9.17, 15) is 4.79 Å². The Kier molecular flexibility index (Phi) is 5.09. The number of alkyl halides is 1. The molecule has 0 N–H and O–H groups in total. The summed E-state index contributed by atoms with van der Waals surface area (Å²) in [5.41, 5.74) is 0.936. The molecule has 0 bridgehead atoms. The van der Waals surface area contributed by atoms with Gasteiger partial charge < -0.3 is 0 Å². The average molecular weight is 349 g/mol. The molecular formula is C14H11BrCl2O. The number of carbonyl (C=O) groups is 1. The van der Waals surface area contributed by atoms with E-state index in [1.165, 1.54) is 12.1 Å². The van der Waals surface area contributed by atoms with Crippen molar-refractivity contribution in [2.45, 2.75) is 5.28 Å². The quantitative estimate of drug-likeness (QED) is 0.525. The van der Waals surface area contributed by atoms with E-state index in [0.29, 0.717) is 21.2 Å². The molecule has 0 radical (unpaired) electrons. The van der Waals surface area contributed by atoms with Crippen LogP contribution in [-0.4, -0.2) is 6.26 Å². The molecule has 0 fully saturated rings. The molecule has 94 valence electrons. The minimum atomic E-state index is -1.46. The molecule has 18 heavy (non-hydrogen) atoms. The predicted molar refractivity (Wildman–Crippen MR) is 80.9 cm³/mol. The maximum Gasteiger partial charge on any atom is 0.150 e. The van der Waals surface area contributed by atoms with E-state index >= 15 is 0 Å². The smallest absolute Gasteiger partial charge is 0.150 e. The number of hydrogen-bond donors (Lipinski definition) is 0. The largest absolute Gasteiger partial charge is 0.298 e. The fourth-order valence-corrected chi connectivity index (χ4v) is 1.55. The number of benzene rings is 2. The summed E-state index contributed by atoms with van der Waals surface area (Å²) in [6.45, 7) is 0. The van der Waals surface area contributed by atoms with Crippen molar-refractivity contribution >= 4 is 45.4 Å². The highest BCUT2D eigenvalue weighted by Crippen LogP contribution is 2.11. The molecular weight excluding hydrogens is 335 g/mol. The minimum Gasteiger partial charge on any atom is -0.298 e. The van der Waals surface area contributed by atoms with Gasteiger partial charge >= 0.3 is 0 Å². The van der Waals surface area contributed by atoms with Crippen molar-refractivity contribution in [3.8, 4) is 0 Å². The number of rotatable bonds is 2. The first-order chi connectivity index (χ1) is 9.70. The standard InChI is InChI=1S/C7H6BrCl.C7H5ClO/c8-5-6-1-3-7(9)4-2-6;8-7-3-1-6(5-9)2-4-7/h1-4H,5H2;1-5H/i5D2;5D. The summed E-state index contributed by atoms with van der Waals surface area (Å²) in [5, 5.41) is -0.270. The molecule has 2 aromatic carbocycles. The van der Waals surface area contributed by atoms with Crippen LogP contribution in [-0.2, 0) is 5.28 Å². The summed E-state index contributed by atoms with van der Waals surface area (Å²) in [6, 6.07) is 12.8. The second-order valence-corrected chi connectivity index (χ2v) is 4.48. The van der Waals surface area contributed by atoms with Crippen LogP contribution in [0.5, 0.6) is 0 Å². The van der Waals surface area contributed by atoms with Crippen LogP contribution in [0.2, 0.25) is 10.0 Å². The summed E-state index contributed by atoms with van der Waals surface area (Å²) in [6.07, 6.45) is -0.684. The molecule has 0 aliphatic carbocycles. The first-order valence-electron chi connectivity index (χ1n) is 6.41. The van der Waals surface area contributed by atoms with E-state index in [1.54, 1.807) is 36.4 Å². The van der Waals surface area contributed by atoms with E-state index in [-0.39, 0.29) is 0 Å². The second-order valence-electron chi connectivity index (χ2n) is 3.21. The summed E-state index contributed by atoms with van der Waals surface area (Å²) < 4.78 is 21.3. The molecule has 0 atom stereocenters. The van der Waals surface area contributed by atoms with Gasteiger partial charge in [0.15, 0.2) is 0 Å². The molecule has 0 aromatic heterocycles. The molecule has 0 saturated heterocycles. The number of hydrogen-bond acceptors (Lipinski definition) is 1. The van der Waals surface area contributed by atoms with Gasteiger partial charge in [-0.2, -0.15) is 0 Å². The van der Waals surface area contributed by atoms with Crippen LogP contribution in [0.4, 0.5) is 0 Å². The third-order valence-electron chi connectivity index (χ3n) is 1.92. The van der Waals surface area contributed by atoms with E-state index in [0.717, 1.165) is 0 Å². The van der Waals surface area contributed by atoms with E-state index in [2.05, 4.69) is 15.9 Å². The lowest BCUT2D eigenvalue weighted by Crippen LogP contribution is -1.74. The van der Waals surface area contributed by atoms with Crippen molar-refractivity contribution < 1.29 is 8.91 Å². The highest BCUT2D eigenvalue weighted by atomic mass is 79.9. The Morgan fingerprint density at radius 1 is 1.06 bits per heavy atom. The van der Waals surface area contributed by atoms with Crippen LogP contribution in [0.1, 0.15) is 20.0 Å². The third kappa shape index (κ3) is 5.67. The summed E-state index contributed by atoms with van der Waals surface area (Å²) >= 11 is 14.1. The van der Waals surface area contributed by atoms with Crippen molar-refractivity contribution in [2.75, 3.05) is 0 Å². The maximum absolute atomic E-state index is 10.4. The van der Waals surface area contributed by atoms with Crippen molar-refractivity contribution in [3.63, 3.8) is 0 Å². The lowest BCUT2D eigenvalue weighted by molar-refractivity contribution is 0.112. The van der Waals surface area contributed by atoms with Gasteiger partial charge in [0.1, 0.15) is 7.63 Å². The van der Waals surface area contributed by atoms with Gasteiger partial charge in [-0.3, -0.25) is 4.79 Å². The molecule has 0 spiro atoms. The lowest BCUT2D eigenvalue weighted by atomic mass is 10.2. The molecule has 1 nitrogen and oxygen atoms in total. The van der Waals surface area contributed by atoms with Crippen molar-refractivity contribution in [3.05, 3.63) is 69.7 Å². The molecule has 0 aliphatic heterocycles. The van der Waals surface area contributed by atoms with E-state index in [1.807, 2.05) is 0 Å². The van der Waals surface area contributed by atoms with Crippen molar-refractivity contribution in [1.82, 2.24) is 0 Å². The Morgan fingerprint density at radius 2 is 1.50 bits per heavy atom. The zero-order chi connectivity index (χ0) is 16.0. The topological polar surface area (TPSA) is 17.1 Å². The first kappa shape index (κ1) is 11.0. The molecule has 0 heterocycles. The number of aldehydes is 1. The Hall–Kier alpha value is -0.830. The van der Waals surface area contributed by atoms with Gasteiger partial charge in [-0.05, 0) is 29.8 Å². The van der Waals surface area contributed by atoms with Crippen LogP contribution in [0.15, 0.2) is 48.5 Å². The Bertz CT molecular complexity index is 595. The second kappa shape index (κ2) is 8.30. The zero-order valence-corrected chi connectivity index (χ0v) is 12.3. The zero-order valence-electron chi connectivity index (χ0n) is 12.2. The van der Waals surface area contributed by atoms with Gasteiger partial charge in [-0.1, -0.05) is 63.4 Å². The fraction of sp³-hybridized carbons (Fsp3) is 0.0714. The molecule has 2 rings (SSSR count). The molecule has 0 saturated carbocycles. The van der Waals surface area contributed by atoms with Crippen LogP contribution < -0.4 is 0 Å². The normalized spacial score (nSPS) is 12.5. The molecule has 2 aromatic rings. The average Bonchev–Trinajstić information content (AvgIpc) is 2.39. The highest BCUT2D eigenvalue weighted by Gasteiger charge is 1.87. The van der Waals surface area contributed by atoms with Crippen molar-refractivity contribution in [1.29, 1.82) is 0 Å². The van der Waals surface area contributed by atoms with E-state index in [4.69, 9.17) is 27.3 Å². The number of carbonyl (C=O) groups excluding carboxylic acids is 1. The number of halogens is 3. The Labute approximate surface area is 129 Å². The predicted octanol–water partition coefficient (Wildman–Crippen LogP) is 5.39. The van der Waals surface area contributed by atoms with Crippen LogP contribution in [0.25, 0.3) is 0 Å². The van der Waals surface area contributed by atoms with Gasteiger partial charge in [-0.15, -0.1) is 0 Å². The SMILES string of the molecule is [2H]C(=O)c1ccc(Cl)cc1.[2H]C([2H])(Br)c1ccc(Cl)cc1. The van der Waals surface area contributed by atoms with Gasteiger partial charge in [-0.25, -0.2) is 0 Å². The molecule has 0 aliphatic rings. The van der Waals surface area contributed by atoms with Crippen LogP contribution >= 0.6 is 39.1 Å². The Morgan fingerprint density at radius 3 is 1.89 bits per heavy atom. The summed E-state index contributed by atoms with van der Waals surface area (Å²) in [4.78, 5) is 10.4. The van der Waals surface area contributed by atoms with E-state index < -0.39 is 11.5 Å². The van der Waals surface area contributed by atoms with Crippen molar-refractivity contribution in [2.24, 2.45) is 0 Å². The summed E-state index contributed by atoms with van der Waals surface area (Å²) in [7, 11) is 0. The summed E-state index contributed by atoms with van der Waals surface area (Å²) in [5.74, 6) is 0. The highest BCUT2D eigenvalue weighted by molar-refractivity contribution is 9.08. The first-order valence-corrected chi connectivity index (χ1v) is 6.46. The van der Waals surface area contributed by atoms with Gasteiger partial charge in [0, 0.05) is 23.6 Å². The third-order valence-corrected chi connectivity index (χ3v) is 2.88. The van der Waals surface area contributed by atoms with Crippen LogP contribution in [0.3, 0.4) is 0 Å². The van der Waals surface area contributed by atoms with Gasteiger partial charge in [0.2, 0.25) is 0 Å². The lowest BCUT2D eigenvalue weighted by Gasteiger charge is -1.92. The molecule has 4 heteroatoms. The van der Waals surface area contributed by atoms with Gasteiger partial charge in [0.05, 0.1) is 0 Å². The molecule has 0 amide bonds.